The summed E-state index contributed by atoms with van der Waals surface area (Å²) in [5, 5.41) is 2.81. The fraction of sp³-hybridized carbons (Fsp3) is 0.364. The Morgan fingerprint density at radius 2 is 1.81 bits per heavy atom. The average Bonchev–Trinajstić information content (AvgIpc) is 2.86. The zero-order valence-corrected chi connectivity index (χ0v) is 16.3. The Morgan fingerprint density at radius 1 is 1.11 bits per heavy atom. The lowest BCUT2D eigenvalue weighted by Crippen LogP contribution is -2.41. The molecule has 5 nitrogen and oxygen atoms in total. The number of hydrogen-bond donors (Lipinski definition) is 1. The molecular weight excluding hydrogens is 340 g/mol. The number of nitrogens with one attached hydrogen (secondary N) is 1. The van der Waals surface area contributed by atoms with Gasteiger partial charge < -0.3 is 10.1 Å². The molecule has 1 heterocycles. The monoisotopic (exact) mass is 366 g/mol. The Labute approximate surface area is 160 Å². The molecule has 1 saturated heterocycles. The largest absolute Gasteiger partial charge is 0.492 e. The number of nitrogens with zero attached hydrogens (tertiary/aromatic N) is 1. The third-order valence-electron chi connectivity index (χ3n) is 5.07. The van der Waals surface area contributed by atoms with E-state index < -0.39 is 5.54 Å². The molecule has 27 heavy (non-hydrogen) atoms. The van der Waals surface area contributed by atoms with Crippen LogP contribution in [-0.4, -0.2) is 30.0 Å². The number of amides is 3. The highest BCUT2D eigenvalue weighted by Gasteiger charge is 2.48. The van der Waals surface area contributed by atoms with Crippen molar-refractivity contribution in [2.24, 2.45) is 0 Å². The minimum Gasteiger partial charge on any atom is -0.492 e. The molecule has 0 saturated carbocycles. The molecule has 3 rings (SSSR count). The highest BCUT2D eigenvalue weighted by atomic mass is 16.5. The molecule has 1 unspecified atom stereocenters. The summed E-state index contributed by atoms with van der Waals surface area (Å²) < 4.78 is 5.78. The highest BCUT2D eigenvalue weighted by molar-refractivity contribution is 6.07. The summed E-state index contributed by atoms with van der Waals surface area (Å²) in [5.74, 6) is 0.948. The molecule has 3 amide bonds. The summed E-state index contributed by atoms with van der Waals surface area (Å²) in [6, 6.07) is 14.9. The van der Waals surface area contributed by atoms with Crippen LogP contribution in [0, 0.1) is 6.92 Å². The topological polar surface area (TPSA) is 58.6 Å². The second-order valence-electron chi connectivity index (χ2n) is 7.40. The van der Waals surface area contributed by atoms with Crippen LogP contribution < -0.4 is 10.1 Å². The van der Waals surface area contributed by atoms with Crippen LogP contribution in [0.2, 0.25) is 0 Å². The molecule has 142 valence electrons. The van der Waals surface area contributed by atoms with Crippen molar-refractivity contribution in [2.75, 3.05) is 13.2 Å². The van der Waals surface area contributed by atoms with Crippen LogP contribution in [0.3, 0.4) is 0 Å². The van der Waals surface area contributed by atoms with E-state index in [-0.39, 0.29) is 25.1 Å². The van der Waals surface area contributed by atoms with Crippen LogP contribution in [0.4, 0.5) is 4.79 Å². The first kappa shape index (κ1) is 19.0. The minimum absolute atomic E-state index is 0.206. The third kappa shape index (κ3) is 3.68. The number of imide groups is 1. The van der Waals surface area contributed by atoms with Crippen LogP contribution in [0.15, 0.2) is 48.5 Å². The predicted octanol–water partition coefficient (Wildman–Crippen LogP) is 3.96. The number of carbonyl (C=O) groups is 2. The van der Waals surface area contributed by atoms with Crippen molar-refractivity contribution in [3.05, 3.63) is 65.2 Å². The maximum Gasteiger partial charge on any atom is 0.325 e. The van der Waals surface area contributed by atoms with E-state index in [4.69, 9.17) is 4.74 Å². The SMILES string of the molecule is Cc1cc(OCCN2C(=O)NC(C)(c3ccccc3)C2=O)ccc1C(C)C. The van der Waals surface area contributed by atoms with Gasteiger partial charge in [-0.25, -0.2) is 4.79 Å². The molecule has 0 spiro atoms. The summed E-state index contributed by atoms with van der Waals surface area (Å²) in [7, 11) is 0. The van der Waals surface area contributed by atoms with E-state index in [9.17, 15) is 9.59 Å². The van der Waals surface area contributed by atoms with Gasteiger partial charge in [-0.05, 0) is 48.6 Å². The zero-order chi connectivity index (χ0) is 19.6. The van der Waals surface area contributed by atoms with Gasteiger partial charge in [0, 0.05) is 0 Å². The van der Waals surface area contributed by atoms with Crippen molar-refractivity contribution in [3.63, 3.8) is 0 Å². The lowest BCUT2D eigenvalue weighted by Gasteiger charge is -2.22. The van der Waals surface area contributed by atoms with Crippen LogP contribution in [-0.2, 0) is 10.3 Å². The van der Waals surface area contributed by atoms with Gasteiger partial charge in [0.1, 0.15) is 17.9 Å². The fourth-order valence-corrected chi connectivity index (χ4v) is 3.51. The van der Waals surface area contributed by atoms with Crippen molar-refractivity contribution >= 4 is 11.9 Å². The normalized spacial score (nSPS) is 19.5. The van der Waals surface area contributed by atoms with E-state index >= 15 is 0 Å². The number of benzene rings is 2. The zero-order valence-electron chi connectivity index (χ0n) is 16.3. The van der Waals surface area contributed by atoms with Crippen molar-refractivity contribution in [1.82, 2.24) is 10.2 Å². The number of hydrogen-bond acceptors (Lipinski definition) is 3. The number of rotatable bonds is 6. The van der Waals surface area contributed by atoms with Gasteiger partial charge in [0.05, 0.1) is 6.54 Å². The number of urea groups is 1. The molecule has 0 aromatic heterocycles. The van der Waals surface area contributed by atoms with E-state index in [1.165, 1.54) is 16.0 Å². The summed E-state index contributed by atoms with van der Waals surface area (Å²) in [5.41, 5.74) is 2.20. The smallest absolute Gasteiger partial charge is 0.325 e. The van der Waals surface area contributed by atoms with E-state index in [1.54, 1.807) is 6.92 Å². The Morgan fingerprint density at radius 3 is 2.44 bits per heavy atom. The first-order chi connectivity index (χ1) is 12.8. The molecule has 1 atom stereocenters. The van der Waals surface area contributed by atoms with Gasteiger partial charge in [-0.2, -0.15) is 0 Å². The predicted molar refractivity (Wildman–Crippen MR) is 105 cm³/mol. The van der Waals surface area contributed by atoms with Crippen LogP contribution in [0.1, 0.15) is 43.4 Å². The first-order valence-electron chi connectivity index (χ1n) is 9.26. The van der Waals surface area contributed by atoms with Gasteiger partial charge in [-0.1, -0.05) is 50.2 Å². The van der Waals surface area contributed by atoms with Crippen LogP contribution in [0.25, 0.3) is 0 Å². The first-order valence-corrected chi connectivity index (χ1v) is 9.26. The standard InChI is InChI=1S/C22H26N2O3/c1-15(2)19-11-10-18(14-16(19)3)27-13-12-24-20(25)22(4,23-21(24)26)17-8-6-5-7-9-17/h5-11,14-15H,12-13H2,1-4H3,(H,23,26). The minimum atomic E-state index is -1.03. The van der Waals surface area contributed by atoms with Gasteiger partial charge in [0.15, 0.2) is 0 Å². The van der Waals surface area contributed by atoms with E-state index in [1.807, 2.05) is 42.5 Å². The summed E-state index contributed by atoms with van der Waals surface area (Å²) in [6.07, 6.45) is 0. The quantitative estimate of drug-likeness (QED) is 0.787. The summed E-state index contributed by atoms with van der Waals surface area (Å²) in [4.78, 5) is 26.4. The van der Waals surface area contributed by atoms with Crippen molar-refractivity contribution in [1.29, 1.82) is 0 Å². The van der Waals surface area contributed by atoms with Crippen molar-refractivity contribution in [2.45, 2.75) is 39.2 Å². The van der Waals surface area contributed by atoms with Gasteiger partial charge in [0.25, 0.3) is 5.91 Å². The Hall–Kier alpha value is -2.82. The number of ether oxygens (including phenoxy) is 1. The molecule has 0 bridgehead atoms. The molecule has 1 fully saturated rings. The second-order valence-corrected chi connectivity index (χ2v) is 7.40. The molecular formula is C22H26N2O3. The Bertz CT molecular complexity index is 848. The number of aryl methyl sites for hydroxylation is 1. The van der Waals surface area contributed by atoms with Crippen LogP contribution >= 0.6 is 0 Å². The Kier molecular flexibility index (Phi) is 5.22. The van der Waals surface area contributed by atoms with Gasteiger partial charge in [0.2, 0.25) is 0 Å². The molecule has 0 radical (unpaired) electrons. The van der Waals surface area contributed by atoms with Crippen LogP contribution in [0.5, 0.6) is 5.75 Å². The van der Waals surface area contributed by atoms with Crippen molar-refractivity contribution < 1.29 is 14.3 Å². The van der Waals surface area contributed by atoms with E-state index in [2.05, 4.69) is 32.2 Å². The van der Waals surface area contributed by atoms with Gasteiger partial charge >= 0.3 is 6.03 Å². The third-order valence-corrected chi connectivity index (χ3v) is 5.07. The average molecular weight is 366 g/mol. The maximum atomic E-state index is 12.8. The molecule has 1 aliphatic heterocycles. The van der Waals surface area contributed by atoms with E-state index in [0.717, 1.165) is 11.3 Å². The number of carbonyl (C=O) groups excluding carboxylic acids is 2. The van der Waals surface area contributed by atoms with Crippen molar-refractivity contribution in [3.8, 4) is 5.75 Å². The molecule has 2 aromatic carbocycles. The molecule has 5 heteroatoms. The highest BCUT2D eigenvalue weighted by Crippen LogP contribution is 2.28. The molecule has 1 aliphatic rings. The second kappa shape index (κ2) is 7.43. The molecule has 0 aliphatic carbocycles. The summed E-state index contributed by atoms with van der Waals surface area (Å²) >= 11 is 0. The van der Waals surface area contributed by atoms with Gasteiger partial charge in [-0.15, -0.1) is 0 Å². The van der Waals surface area contributed by atoms with E-state index in [0.29, 0.717) is 5.92 Å². The molecule has 2 aromatic rings. The van der Waals surface area contributed by atoms with Gasteiger partial charge in [-0.3, -0.25) is 9.69 Å². The maximum absolute atomic E-state index is 12.8. The lowest BCUT2D eigenvalue weighted by molar-refractivity contribution is -0.131. The fourth-order valence-electron chi connectivity index (χ4n) is 3.51. The lowest BCUT2D eigenvalue weighted by atomic mass is 9.92. The summed E-state index contributed by atoms with van der Waals surface area (Å²) in [6.45, 7) is 8.57. The molecule has 1 N–H and O–H groups in total. The Balaban J connectivity index is 1.64.